The number of nitrogens with two attached hydrogens (primary N) is 1. The van der Waals surface area contributed by atoms with E-state index in [1.54, 1.807) is 11.3 Å². The Labute approximate surface area is 108 Å². The van der Waals surface area contributed by atoms with E-state index in [0.717, 1.165) is 16.5 Å². The molecule has 0 aliphatic carbocycles. The molecular weight excluding hydrogens is 282 g/mol. The average Bonchev–Trinajstić information content (AvgIpc) is 2.77. The fourth-order valence-corrected chi connectivity index (χ4v) is 3.14. The van der Waals surface area contributed by atoms with E-state index in [1.807, 2.05) is 18.2 Å². The summed E-state index contributed by atoms with van der Waals surface area (Å²) in [5.41, 5.74) is 7.41. The minimum Gasteiger partial charge on any atom is -0.320 e. The van der Waals surface area contributed by atoms with Gasteiger partial charge in [-0.25, -0.2) is 0 Å². The van der Waals surface area contributed by atoms with Crippen molar-refractivity contribution in [2.24, 2.45) is 5.73 Å². The summed E-state index contributed by atoms with van der Waals surface area (Å²) in [6.45, 7) is 2.17. The van der Waals surface area contributed by atoms with Crippen LogP contribution in [0, 0.1) is 0 Å². The summed E-state index contributed by atoms with van der Waals surface area (Å²) < 4.78 is 1.08. The zero-order chi connectivity index (χ0) is 11.5. The molecule has 1 atom stereocenters. The summed E-state index contributed by atoms with van der Waals surface area (Å²) in [7, 11) is 0. The predicted molar refractivity (Wildman–Crippen MR) is 73.9 cm³/mol. The summed E-state index contributed by atoms with van der Waals surface area (Å²) in [4.78, 5) is 2.61. The van der Waals surface area contributed by atoms with E-state index in [0.29, 0.717) is 0 Å². The van der Waals surface area contributed by atoms with E-state index in [-0.39, 0.29) is 6.04 Å². The van der Waals surface area contributed by atoms with Crippen molar-refractivity contribution in [1.82, 2.24) is 0 Å². The van der Waals surface area contributed by atoms with Crippen molar-refractivity contribution in [3.05, 3.63) is 56.2 Å². The van der Waals surface area contributed by atoms with Gasteiger partial charge in [0.1, 0.15) is 0 Å². The van der Waals surface area contributed by atoms with Crippen molar-refractivity contribution in [3.8, 4) is 0 Å². The molecule has 0 fully saturated rings. The highest BCUT2D eigenvalue weighted by molar-refractivity contribution is 9.10. The van der Waals surface area contributed by atoms with Crippen LogP contribution < -0.4 is 5.73 Å². The van der Waals surface area contributed by atoms with Crippen LogP contribution in [0.25, 0.3) is 0 Å². The fourth-order valence-electron chi connectivity index (χ4n) is 1.63. The third-order valence-corrected chi connectivity index (χ3v) is 4.61. The topological polar surface area (TPSA) is 26.0 Å². The van der Waals surface area contributed by atoms with Gasteiger partial charge < -0.3 is 5.73 Å². The van der Waals surface area contributed by atoms with Crippen LogP contribution in [0.4, 0.5) is 0 Å². The summed E-state index contributed by atoms with van der Waals surface area (Å²) in [5.74, 6) is 0. The van der Waals surface area contributed by atoms with E-state index in [2.05, 4.69) is 41.1 Å². The van der Waals surface area contributed by atoms with Gasteiger partial charge in [0.25, 0.3) is 0 Å². The predicted octanol–water partition coefficient (Wildman–Crippen LogP) is 4.12. The lowest BCUT2D eigenvalue weighted by atomic mass is 10.1. The van der Waals surface area contributed by atoms with Crippen LogP contribution in [-0.2, 0) is 6.42 Å². The highest BCUT2D eigenvalue weighted by Gasteiger charge is 2.13. The number of halogens is 1. The van der Waals surface area contributed by atoms with Crippen LogP contribution in [0.1, 0.15) is 28.3 Å². The van der Waals surface area contributed by atoms with E-state index >= 15 is 0 Å². The van der Waals surface area contributed by atoms with Crippen molar-refractivity contribution in [2.45, 2.75) is 19.4 Å². The molecule has 0 spiro atoms. The minimum absolute atomic E-state index is 0.0270. The summed E-state index contributed by atoms with van der Waals surface area (Å²) >= 11 is 5.34. The van der Waals surface area contributed by atoms with Crippen molar-refractivity contribution >= 4 is 27.3 Å². The molecule has 0 bridgehead atoms. The van der Waals surface area contributed by atoms with E-state index < -0.39 is 0 Å². The smallest absolute Gasteiger partial charge is 0.0657 e. The minimum atomic E-state index is -0.0270. The van der Waals surface area contributed by atoms with E-state index in [1.165, 1.54) is 9.75 Å². The Kier molecular flexibility index (Phi) is 3.79. The van der Waals surface area contributed by atoms with Crippen LogP contribution in [0.3, 0.4) is 0 Å². The van der Waals surface area contributed by atoms with Gasteiger partial charge in [-0.2, -0.15) is 0 Å². The Bertz CT molecular complexity index is 478. The lowest BCUT2D eigenvalue weighted by Crippen LogP contribution is -2.10. The lowest BCUT2D eigenvalue weighted by molar-refractivity contribution is 0.887. The standard InChI is InChI=1S/C13H14BrNS/c1-2-9-7-8-12(16-9)13(15)10-5-3-4-6-11(10)14/h3-8,13H,2,15H2,1H3. The van der Waals surface area contributed by atoms with Crippen molar-refractivity contribution in [3.63, 3.8) is 0 Å². The number of benzene rings is 1. The zero-order valence-corrected chi connectivity index (χ0v) is 11.5. The normalized spacial score (nSPS) is 12.7. The van der Waals surface area contributed by atoms with E-state index in [4.69, 9.17) is 5.73 Å². The molecule has 3 heteroatoms. The van der Waals surface area contributed by atoms with Crippen molar-refractivity contribution < 1.29 is 0 Å². The first kappa shape index (κ1) is 11.8. The second kappa shape index (κ2) is 5.13. The molecular formula is C13H14BrNS. The highest BCUT2D eigenvalue weighted by atomic mass is 79.9. The summed E-state index contributed by atoms with van der Waals surface area (Å²) in [6.07, 6.45) is 1.08. The monoisotopic (exact) mass is 295 g/mol. The average molecular weight is 296 g/mol. The van der Waals surface area contributed by atoms with Gasteiger partial charge in [0, 0.05) is 14.2 Å². The SMILES string of the molecule is CCc1ccc(C(N)c2ccccc2Br)s1. The molecule has 0 aliphatic heterocycles. The van der Waals surface area contributed by atoms with Gasteiger partial charge in [0.2, 0.25) is 0 Å². The Balaban J connectivity index is 2.31. The number of thiophene rings is 1. The van der Waals surface area contributed by atoms with Gasteiger partial charge in [-0.05, 0) is 30.2 Å². The Morgan fingerprint density at radius 1 is 1.25 bits per heavy atom. The number of rotatable bonds is 3. The molecule has 1 unspecified atom stereocenters. The van der Waals surface area contributed by atoms with Gasteiger partial charge in [-0.1, -0.05) is 41.1 Å². The first-order chi connectivity index (χ1) is 7.72. The molecule has 16 heavy (non-hydrogen) atoms. The molecule has 2 rings (SSSR count). The molecule has 0 saturated heterocycles. The van der Waals surface area contributed by atoms with Crippen LogP contribution in [0.15, 0.2) is 40.9 Å². The second-order valence-corrected chi connectivity index (χ2v) is 5.71. The third kappa shape index (κ3) is 2.37. The Morgan fingerprint density at radius 3 is 2.62 bits per heavy atom. The van der Waals surface area contributed by atoms with Crippen LogP contribution in [0.2, 0.25) is 0 Å². The maximum absolute atomic E-state index is 6.27. The first-order valence-corrected chi connectivity index (χ1v) is 6.92. The number of hydrogen-bond donors (Lipinski definition) is 1. The fraction of sp³-hybridized carbons (Fsp3) is 0.231. The molecule has 0 aliphatic rings. The second-order valence-electron chi connectivity index (χ2n) is 3.66. The van der Waals surface area contributed by atoms with Gasteiger partial charge >= 0.3 is 0 Å². The molecule has 0 radical (unpaired) electrons. The van der Waals surface area contributed by atoms with Crippen molar-refractivity contribution in [2.75, 3.05) is 0 Å². The van der Waals surface area contributed by atoms with E-state index in [9.17, 15) is 0 Å². The maximum Gasteiger partial charge on any atom is 0.0657 e. The van der Waals surface area contributed by atoms with Gasteiger partial charge in [0.15, 0.2) is 0 Å². The number of aryl methyl sites for hydroxylation is 1. The molecule has 0 saturated carbocycles. The quantitative estimate of drug-likeness (QED) is 0.906. The third-order valence-electron chi connectivity index (χ3n) is 2.58. The Hall–Kier alpha value is -0.640. The molecule has 84 valence electrons. The molecule has 2 N–H and O–H groups in total. The molecule has 1 heterocycles. The Morgan fingerprint density at radius 2 is 2.00 bits per heavy atom. The van der Waals surface area contributed by atoms with Gasteiger partial charge in [-0.15, -0.1) is 11.3 Å². The molecule has 1 aromatic carbocycles. The molecule has 1 aromatic heterocycles. The summed E-state index contributed by atoms with van der Waals surface area (Å²) in [5, 5.41) is 0. The largest absolute Gasteiger partial charge is 0.320 e. The van der Waals surface area contributed by atoms with Gasteiger partial charge in [0.05, 0.1) is 6.04 Å². The maximum atomic E-state index is 6.27. The van der Waals surface area contributed by atoms with Gasteiger partial charge in [-0.3, -0.25) is 0 Å². The number of hydrogen-bond acceptors (Lipinski definition) is 2. The molecule has 1 nitrogen and oxygen atoms in total. The van der Waals surface area contributed by atoms with Crippen LogP contribution in [0.5, 0.6) is 0 Å². The molecule has 0 amide bonds. The van der Waals surface area contributed by atoms with Crippen LogP contribution >= 0.6 is 27.3 Å². The summed E-state index contributed by atoms with van der Waals surface area (Å²) in [6, 6.07) is 12.4. The highest BCUT2D eigenvalue weighted by Crippen LogP contribution is 2.30. The van der Waals surface area contributed by atoms with Crippen LogP contribution in [-0.4, -0.2) is 0 Å². The lowest BCUT2D eigenvalue weighted by Gasteiger charge is -2.11. The first-order valence-electron chi connectivity index (χ1n) is 5.31. The molecule has 2 aromatic rings. The zero-order valence-electron chi connectivity index (χ0n) is 9.11. The van der Waals surface area contributed by atoms with Crippen molar-refractivity contribution in [1.29, 1.82) is 0 Å².